The number of rotatable bonds is 9. The van der Waals surface area contributed by atoms with Gasteiger partial charge in [0.05, 0.1) is 18.7 Å². The lowest BCUT2D eigenvalue weighted by Crippen LogP contribution is -2.28. The van der Waals surface area contributed by atoms with Crippen molar-refractivity contribution in [2.75, 3.05) is 25.0 Å². The largest absolute Gasteiger partial charge is 0.497 e. The molecule has 0 radical (unpaired) electrons. The Hall–Kier alpha value is -2.94. The van der Waals surface area contributed by atoms with Gasteiger partial charge in [-0.15, -0.1) is 0 Å². The van der Waals surface area contributed by atoms with E-state index in [4.69, 9.17) is 32.7 Å². The van der Waals surface area contributed by atoms with Crippen LogP contribution in [0.4, 0.5) is 5.69 Å². The highest BCUT2D eigenvalue weighted by Crippen LogP contribution is 2.27. The SMILES string of the molecule is COc1cccc(OCCNC(=O)c2cccc(NS(=O)(=O)c3cc(Cl)ccc3Cl)c2)c1. The molecule has 2 N–H and O–H groups in total. The Bertz CT molecular complexity index is 1220. The summed E-state index contributed by atoms with van der Waals surface area (Å²) in [6.45, 7) is 0.503. The zero-order chi connectivity index (χ0) is 23.1. The first-order chi connectivity index (χ1) is 15.3. The van der Waals surface area contributed by atoms with Crippen LogP contribution in [0.3, 0.4) is 0 Å². The predicted molar refractivity (Wildman–Crippen MR) is 125 cm³/mol. The van der Waals surface area contributed by atoms with Gasteiger partial charge in [0.2, 0.25) is 0 Å². The van der Waals surface area contributed by atoms with Crippen LogP contribution in [0.25, 0.3) is 0 Å². The summed E-state index contributed by atoms with van der Waals surface area (Å²) in [7, 11) is -2.43. The molecule has 0 aliphatic carbocycles. The molecule has 0 heterocycles. The van der Waals surface area contributed by atoms with Crippen LogP contribution in [-0.4, -0.2) is 34.6 Å². The summed E-state index contributed by atoms with van der Waals surface area (Å²) in [4.78, 5) is 12.3. The Morgan fingerprint density at radius 3 is 2.50 bits per heavy atom. The third kappa shape index (κ3) is 6.29. The van der Waals surface area contributed by atoms with Crippen molar-refractivity contribution in [1.29, 1.82) is 0 Å². The van der Waals surface area contributed by atoms with E-state index in [0.717, 1.165) is 0 Å². The highest BCUT2D eigenvalue weighted by atomic mass is 35.5. The average Bonchev–Trinajstić information content (AvgIpc) is 2.78. The minimum Gasteiger partial charge on any atom is -0.497 e. The number of nitrogens with one attached hydrogen (secondary N) is 2. The van der Waals surface area contributed by atoms with Crippen LogP contribution in [0.2, 0.25) is 10.0 Å². The zero-order valence-corrected chi connectivity index (χ0v) is 19.3. The highest BCUT2D eigenvalue weighted by Gasteiger charge is 2.19. The molecule has 3 aromatic rings. The first kappa shape index (κ1) is 23.7. The third-order valence-corrected chi connectivity index (χ3v) is 6.36. The first-order valence-corrected chi connectivity index (χ1v) is 11.7. The lowest BCUT2D eigenvalue weighted by Gasteiger charge is -2.12. The van der Waals surface area contributed by atoms with Gasteiger partial charge in [0.15, 0.2) is 0 Å². The second-order valence-electron chi connectivity index (χ2n) is 6.54. The molecule has 1 amide bonds. The summed E-state index contributed by atoms with van der Waals surface area (Å²) in [5.74, 6) is 0.917. The smallest absolute Gasteiger partial charge is 0.263 e. The van der Waals surface area contributed by atoms with Gasteiger partial charge in [-0.05, 0) is 48.5 Å². The standard InChI is InChI=1S/C22H20Cl2N2O5S/c1-30-18-6-3-7-19(14-18)31-11-10-25-22(27)15-4-2-5-17(12-15)26-32(28,29)21-13-16(23)8-9-20(21)24/h2-9,12-14,26H,10-11H2,1H3,(H,25,27). The number of halogens is 2. The Labute approximate surface area is 196 Å². The zero-order valence-electron chi connectivity index (χ0n) is 17.0. The van der Waals surface area contributed by atoms with E-state index in [0.29, 0.717) is 11.5 Å². The molecule has 0 saturated carbocycles. The van der Waals surface area contributed by atoms with Crippen LogP contribution < -0.4 is 19.5 Å². The summed E-state index contributed by atoms with van der Waals surface area (Å²) in [5, 5.41) is 2.99. The number of amides is 1. The van der Waals surface area contributed by atoms with Crippen LogP contribution in [0.15, 0.2) is 71.6 Å². The number of sulfonamides is 1. The van der Waals surface area contributed by atoms with Crippen molar-refractivity contribution in [1.82, 2.24) is 5.32 Å². The van der Waals surface area contributed by atoms with E-state index in [1.807, 2.05) is 0 Å². The maximum absolute atomic E-state index is 12.7. The van der Waals surface area contributed by atoms with Crippen molar-refractivity contribution in [2.24, 2.45) is 0 Å². The van der Waals surface area contributed by atoms with Crippen molar-refractivity contribution < 1.29 is 22.7 Å². The normalized spacial score (nSPS) is 11.0. The van der Waals surface area contributed by atoms with Crippen LogP contribution >= 0.6 is 23.2 Å². The minimum atomic E-state index is -3.99. The molecule has 0 saturated heterocycles. The molecular weight excluding hydrogens is 475 g/mol. The molecule has 0 fully saturated rings. The molecule has 0 spiro atoms. The summed E-state index contributed by atoms with van der Waals surface area (Å²) in [5.41, 5.74) is 0.491. The molecule has 0 aliphatic heterocycles. The fraction of sp³-hybridized carbons (Fsp3) is 0.136. The summed E-state index contributed by atoms with van der Waals surface area (Å²) < 4.78 is 38.5. The average molecular weight is 495 g/mol. The van der Waals surface area contributed by atoms with Crippen molar-refractivity contribution >= 4 is 44.8 Å². The molecule has 10 heteroatoms. The molecule has 168 valence electrons. The molecule has 0 unspecified atom stereocenters. The van der Waals surface area contributed by atoms with Gasteiger partial charge in [-0.3, -0.25) is 9.52 Å². The van der Waals surface area contributed by atoms with E-state index in [-0.39, 0.29) is 45.3 Å². The van der Waals surface area contributed by atoms with Gasteiger partial charge in [-0.1, -0.05) is 35.3 Å². The third-order valence-electron chi connectivity index (χ3n) is 4.26. The van der Waals surface area contributed by atoms with Gasteiger partial charge in [-0.25, -0.2) is 8.42 Å². The summed E-state index contributed by atoms with van der Waals surface area (Å²) in [6, 6.07) is 17.4. The molecule has 0 aliphatic rings. The number of carbonyl (C=O) groups excluding carboxylic acids is 1. The summed E-state index contributed by atoms with van der Waals surface area (Å²) in [6.07, 6.45) is 0. The summed E-state index contributed by atoms with van der Waals surface area (Å²) >= 11 is 11.9. The van der Waals surface area contributed by atoms with E-state index < -0.39 is 10.0 Å². The first-order valence-electron chi connectivity index (χ1n) is 9.41. The molecule has 0 aromatic heterocycles. The minimum absolute atomic E-state index is 0.0341. The van der Waals surface area contributed by atoms with Gasteiger partial charge in [0.25, 0.3) is 15.9 Å². The van der Waals surface area contributed by atoms with Gasteiger partial charge < -0.3 is 14.8 Å². The monoisotopic (exact) mass is 494 g/mol. The van der Waals surface area contributed by atoms with E-state index in [1.165, 1.54) is 30.3 Å². The number of methoxy groups -OCH3 is 1. The fourth-order valence-electron chi connectivity index (χ4n) is 2.74. The number of ether oxygens (including phenoxy) is 2. The molecule has 3 aromatic carbocycles. The van der Waals surface area contributed by atoms with Crippen molar-refractivity contribution in [3.8, 4) is 11.5 Å². The molecular formula is C22H20Cl2N2O5S. The van der Waals surface area contributed by atoms with Crippen LogP contribution in [0.5, 0.6) is 11.5 Å². The number of hydrogen-bond donors (Lipinski definition) is 2. The Morgan fingerprint density at radius 2 is 1.72 bits per heavy atom. The number of carbonyl (C=O) groups is 1. The van der Waals surface area contributed by atoms with Gasteiger partial charge in [0.1, 0.15) is 23.0 Å². The number of anilines is 1. The predicted octanol–water partition coefficient (Wildman–Crippen LogP) is 4.61. The second-order valence-corrected chi connectivity index (χ2v) is 9.04. The van der Waals surface area contributed by atoms with Crippen LogP contribution in [-0.2, 0) is 10.0 Å². The molecule has 32 heavy (non-hydrogen) atoms. The van der Waals surface area contributed by atoms with E-state index in [9.17, 15) is 13.2 Å². The molecule has 0 bridgehead atoms. The number of hydrogen-bond acceptors (Lipinski definition) is 5. The lowest BCUT2D eigenvalue weighted by atomic mass is 10.2. The fourth-order valence-corrected chi connectivity index (χ4v) is 4.56. The molecule has 0 atom stereocenters. The molecule has 3 rings (SSSR count). The quantitative estimate of drug-likeness (QED) is 0.423. The Balaban J connectivity index is 1.60. The Kier molecular flexibility index (Phi) is 7.84. The van der Waals surface area contributed by atoms with Gasteiger partial charge >= 0.3 is 0 Å². The number of benzene rings is 3. The van der Waals surface area contributed by atoms with Crippen molar-refractivity contribution in [2.45, 2.75) is 4.90 Å². The van der Waals surface area contributed by atoms with Crippen LogP contribution in [0, 0.1) is 0 Å². The topological polar surface area (TPSA) is 93.7 Å². The molecule has 7 nitrogen and oxygen atoms in total. The Morgan fingerprint density at radius 1 is 0.969 bits per heavy atom. The van der Waals surface area contributed by atoms with Crippen LogP contribution in [0.1, 0.15) is 10.4 Å². The van der Waals surface area contributed by atoms with Crippen molar-refractivity contribution in [3.63, 3.8) is 0 Å². The van der Waals surface area contributed by atoms with Gasteiger partial charge in [-0.2, -0.15) is 0 Å². The lowest BCUT2D eigenvalue weighted by molar-refractivity contribution is 0.0947. The maximum Gasteiger partial charge on any atom is 0.263 e. The van der Waals surface area contributed by atoms with Crippen molar-refractivity contribution in [3.05, 3.63) is 82.3 Å². The van der Waals surface area contributed by atoms with E-state index in [1.54, 1.807) is 43.5 Å². The van der Waals surface area contributed by atoms with Gasteiger partial charge in [0, 0.05) is 22.3 Å². The highest BCUT2D eigenvalue weighted by molar-refractivity contribution is 7.92. The second kappa shape index (κ2) is 10.6. The van der Waals surface area contributed by atoms with E-state index >= 15 is 0 Å². The maximum atomic E-state index is 12.7. The van der Waals surface area contributed by atoms with E-state index in [2.05, 4.69) is 10.0 Å².